The van der Waals surface area contributed by atoms with Gasteiger partial charge in [-0.05, 0) is 52.8 Å². The molecule has 8 heteroatoms. The van der Waals surface area contributed by atoms with E-state index in [0.717, 1.165) is 5.56 Å². The average molecular weight is 507 g/mol. The number of nitrogens with zero attached hydrogens (tertiary/aromatic N) is 2. The van der Waals surface area contributed by atoms with Crippen LogP contribution in [-0.2, 0) is 9.53 Å². The van der Waals surface area contributed by atoms with Gasteiger partial charge in [0.25, 0.3) is 5.56 Å². The summed E-state index contributed by atoms with van der Waals surface area (Å²) in [5, 5.41) is 0. The van der Waals surface area contributed by atoms with E-state index < -0.39 is 12.0 Å². The molecule has 0 fully saturated rings. The van der Waals surface area contributed by atoms with Crippen LogP contribution in [0.3, 0.4) is 0 Å². The van der Waals surface area contributed by atoms with Gasteiger partial charge in [-0.1, -0.05) is 47.7 Å². The average Bonchev–Trinajstić information content (AvgIpc) is 3.14. The second-order valence-electron chi connectivity index (χ2n) is 8.48. The molecule has 0 unspecified atom stereocenters. The van der Waals surface area contributed by atoms with Crippen molar-refractivity contribution >= 4 is 23.4 Å². The van der Waals surface area contributed by atoms with Crippen LogP contribution >= 0.6 is 11.3 Å². The molecule has 0 N–H and O–H groups in total. The summed E-state index contributed by atoms with van der Waals surface area (Å²) in [6.45, 7) is 10.0. The molecule has 36 heavy (non-hydrogen) atoms. The summed E-state index contributed by atoms with van der Waals surface area (Å²) in [5.41, 5.74) is 2.09. The first-order valence-electron chi connectivity index (χ1n) is 12.0. The van der Waals surface area contributed by atoms with Crippen molar-refractivity contribution in [3.8, 4) is 11.5 Å². The zero-order chi connectivity index (χ0) is 25.8. The molecule has 2 aromatic carbocycles. The minimum atomic E-state index is -0.737. The standard InChI is InChI=1S/C28H30N2O5S/c1-6-33-21-14-10-8-12-19(21)16-23-26(31)30-25(20-13-9-11-15-22(20)35-17(3)4)24(27(32)34-7-2)18(5)29-28(30)36-23/h8-17,25H,6-7H2,1-5H3/b23-16-/t25-/m1/s1. The summed E-state index contributed by atoms with van der Waals surface area (Å²) in [6.07, 6.45) is 1.72. The Bertz CT molecular complexity index is 1480. The predicted molar refractivity (Wildman–Crippen MR) is 140 cm³/mol. The smallest absolute Gasteiger partial charge is 0.338 e. The highest BCUT2D eigenvalue weighted by Gasteiger charge is 2.35. The quantitative estimate of drug-likeness (QED) is 0.432. The van der Waals surface area contributed by atoms with Crippen LogP contribution < -0.4 is 24.4 Å². The number of esters is 1. The van der Waals surface area contributed by atoms with E-state index in [-0.39, 0.29) is 18.3 Å². The maximum atomic E-state index is 13.9. The van der Waals surface area contributed by atoms with Gasteiger partial charge >= 0.3 is 5.97 Å². The number of allylic oxidation sites excluding steroid dienone is 1. The highest BCUT2D eigenvalue weighted by molar-refractivity contribution is 7.07. The molecule has 0 radical (unpaired) electrons. The van der Waals surface area contributed by atoms with E-state index in [1.54, 1.807) is 18.4 Å². The van der Waals surface area contributed by atoms with Crippen molar-refractivity contribution in [3.05, 3.63) is 90.6 Å². The Morgan fingerprint density at radius 1 is 1.08 bits per heavy atom. The number of hydrogen-bond acceptors (Lipinski definition) is 7. The number of carbonyl (C=O) groups excluding carboxylic acids is 1. The van der Waals surface area contributed by atoms with Crippen molar-refractivity contribution in [1.82, 2.24) is 4.57 Å². The molecule has 1 aliphatic heterocycles. The molecule has 0 saturated carbocycles. The Morgan fingerprint density at radius 2 is 1.78 bits per heavy atom. The maximum absolute atomic E-state index is 13.9. The molecular formula is C28H30N2O5S. The van der Waals surface area contributed by atoms with Crippen LogP contribution in [0.4, 0.5) is 0 Å². The van der Waals surface area contributed by atoms with Gasteiger partial charge in [0, 0.05) is 11.1 Å². The summed E-state index contributed by atoms with van der Waals surface area (Å²) >= 11 is 1.28. The van der Waals surface area contributed by atoms with Crippen LogP contribution in [0.15, 0.2) is 69.6 Å². The Labute approximate surface area is 214 Å². The van der Waals surface area contributed by atoms with Gasteiger partial charge in [0.2, 0.25) is 0 Å². The van der Waals surface area contributed by atoms with Crippen molar-refractivity contribution in [2.75, 3.05) is 13.2 Å². The largest absolute Gasteiger partial charge is 0.493 e. The lowest BCUT2D eigenvalue weighted by Gasteiger charge is -2.26. The zero-order valence-corrected chi connectivity index (χ0v) is 21.9. The van der Waals surface area contributed by atoms with Crippen molar-refractivity contribution < 1.29 is 19.0 Å². The van der Waals surface area contributed by atoms with Crippen molar-refractivity contribution in [2.45, 2.75) is 46.8 Å². The number of hydrogen-bond donors (Lipinski definition) is 0. The molecule has 0 spiro atoms. The molecule has 0 aliphatic carbocycles. The molecule has 0 saturated heterocycles. The molecule has 1 atom stereocenters. The topological polar surface area (TPSA) is 79.1 Å². The normalized spacial score (nSPS) is 15.5. The molecule has 7 nitrogen and oxygen atoms in total. The third-order valence-electron chi connectivity index (χ3n) is 5.60. The summed E-state index contributed by atoms with van der Waals surface area (Å²) < 4.78 is 19.3. The first-order chi connectivity index (χ1) is 17.3. The lowest BCUT2D eigenvalue weighted by Crippen LogP contribution is -2.40. The Balaban J connectivity index is 1.98. The SMILES string of the molecule is CCOC(=O)C1=C(C)N=c2s/c(=C\c3ccccc3OCC)c(=O)n2[C@@H]1c1ccccc1OC(C)C. The lowest BCUT2D eigenvalue weighted by molar-refractivity contribution is -0.139. The maximum Gasteiger partial charge on any atom is 0.338 e. The van der Waals surface area contributed by atoms with Gasteiger partial charge in [-0.15, -0.1) is 0 Å². The van der Waals surface area contributed by atoms with E-state index in [1.165, 1.54) is 11.3 Å². The number of aromatic nitrogens is 1. The summed E-state index contributed by atoms with van der Waals surface area (Å²) in [6, 6.07) is 14.3. The van der Waals surface area contributed by atoms with Gasteiger partial charge in [0.15, 0.2) is 4.80 Å². The molecule has 0 amide bonds. The predicted octanol–water partition coefficient (Wildman–Crippen LogP) is 3.98. The fourth-order valence-corrected chi connectivity index (χ4v) is 5.22. The van der Waals surface area contributed by atoms with Crippen LogP contribution in [0.5, 0.6) is 11.5 Å². The molecular weight excluding hydrogens is 476 g/mol. The van der Waals surface area contributed by atoms with E-state index in [2.05, 4.69) is 4.99 Å². The van der Waals surface area contributed by atoms with E-state index in [1.807, 2.05) is 75.4 Å². The van der Waals surface area contributed by atoms with Gasteiger partial charge in [0.1, 0.15) is 17.5 Å². The first-order valence-corrected chi connectivity index (χ1v) is 12.8. The zero-order valence-electron chi connectivity index (χ0n) is 21.1. The van der Waals surface area contributed by atoms with Gasteiger partial charge in [-0.2, -0.15) is 0 Å². The van der Waals surface area contributed by atoms with Crippen molar-refractivity contribution in [2.24, 2.45) is 4.99 Å². The molecule has 0 bridgehead atoms. The lowest BCUT2D eigenvalue weighted by atomic mass is 9.95. The molecule has 188 valence electrons. The molecule has 1 aromatic heterocycles. The van der Waals surface area contributed by atoms with Crippen LogP contribution in [0.25, 0.3) is 6.08 Å². The first kappa shape index (κ1) is 25.4. The van der Waals surface area contributed by atoms with Crippen LogP contribution in [0, 0.1) is 0 Å². The molecule has 1 aliphatic rings. The highest BCUT2D eigenvalue weighted by atomic mass is 32.1. The monoisotopic (exact) mass is 506 g/mol. The Hall–Kier alpha value is -3.65. The third-order valence-corrected chi connectivity index (χ3v) is 6.58. The number of fused-ring (bicyclic) bond motifs is 1. The summed E-state index contributed by atoms with van der Waals surface area (Å²) in [4.78, 5) is 32.2. The van der Waals surface area contributed by atoms with E-state index in [9.17, 15) is 9.59 Å². The third kappa shape index (κ3) is 4.99. The second kappa shape index (κ2) is 11.0. The number of ether oxygens (including phenoxy) is 3. The van der Waals surface area contributed by atoms with E-state index in [0.29, 0.717) is 44.3 Å². The minimum absolute atomic E-state index is 0.0897. The second-order valence-corrected chi connectivity index (χ2v) is 9.49. The van der Waals surface area contributed by atoms with Crippen molar-refractivity contribution in [1.29, 1.82) is 0 Å². The summed E-state index contributed by atoms with van der Waals surface area (Å²) in [5.74, 6) is 0.797. The van der Waals surface area contributed by atoms with Gasteiger partial charge in [-0.3, -0.25) is 9.36 Å². The Morgan fingerprint density at radius 3 is 2.47 bits per heavy atom. The Kier molecular flexibility index (Phi) is 7.74. The van der Waals surface area contributed by atoms with E-state index >= 15 is 0 Å². The van der Waals surface area contributed by atoms with Crippen LogP contribution in [-0.4, -0.2) is 29.9 Å². The number of carbonyl (C=O) groups is 1. The summed E-state index contributed by atoms with van der Waals surface area (Å²) in [7, 11) is 0. The fourth-order valence-electron chi connectivity index (χ4n) is 4.18. The number of para-hydroxylation sites is 2. The minimum Gasteiger partial charge on any atom is -0.493 e. The molecule has 2 heterocycles. The number of benzene rings is 2. The molecule has 4 rings (SSSR count). The molecule has 3 aromatic rings. The number of rotatable bonds is 8. The van der Waals surface area contributed by atoms with E-state index in [4.69, 9.17) is 14.2 Å². The van der Waals surface area contributed by atoms with Gasteiger partial charge in [0.05, 0.1) is 35.1 Å². The highest BCUT2D eigenvalue weighted by Crippen LogP contribution is 2.36. The fraction of sp³-hybridized carbons (Fsp3) is 0.321. The van der Waals surface area contributed by atoms with Gasteiger partial charge in [-0.25, -0.2) is 9.79 Å². The van der Waals surface area contributed by atoms with Gasteiger partial charge < -0.3 is 14.2 Å². The van der Waals surface area contributed by atoms with Crippen LogP contribution in [0.2, 0.25) is 0 Å². The van der Waals surface area contributed by atoms with Crippen LogP contribution in [0.1, 0.15) is 51.8 Å². The number of thiazole rings is 1. The van der Waals surface area contributed by atoms with Crippen molar-refractivity contribution in [3.63, 3.8) is 0 Å².